The summed E-state index contributed by atoms with van der Waals surface area (Å²) in [5, 5.41) is 13.7. The van der Waals surface area contributed by atoms with Crippen molar-refractivity contribution in [2.75, 3.05) is 18.5 Å². The number of anilines is 1. The summed E-state index contributed by atoms with van der Waals surface area (Å²) in [6.07, 6.45) is -0.597. The number of ether oxygens (including phenoxy) is 1. The molecule has 0 aliphatic carbocycles. The van der Waals surface area contributed by atoms with Crippen molar-refractivity contribution in [3.8, 4) is 5.75 Å². The summed E-state index contributed by atoms with van der Waals surface area (Å²) >= 11 is 9.29. The molecule has 2 rings (SSSR count). The smallest absolute Gasteiger partial charge is 0.119 e. The zero-order valence-corrected chi connectivity index (χ0v) is 14.0. The molecule has 0 heterocycles. The quantitative estimate of drug-likeness (QED) is 0.798. The Bertz CT molecular complexity index is 607. The van der Waals surface area contributed by atoms with E-state index in [1.54, 1.807) is 6.07 Å². The monoisotopic (exact) mass is 369 g/mol. The topological polar surface area (TPSA) is 41.5 Å². The highest BCUT2D eigenvalue weighted by Gasteiger charge is 2.06. The van der Waals surface area contributed by atoms with Gasteiger partial charge >= 0.3 is 0 Å². The van der Waals surface area contributed by atoms with Gasteiger partial charge in [-0.3, -0.25) is 0 Å². The molecule has 0 aromatic heterocycles. The number of hydrogen-bond donors (Lipinski definition) is 2. The number of hydrogen-bond acceptors (Lipinski definition) is 3. The van der Waals surface area contributed by atoms with Gasteiger partial charge < -0.3 is 15.2 Å². The molecule has 0 radical (unpaired) electrons. The Morgan fingerprint density at radius 2 is 2.10 bits per heavy atom. The lowest BCUT2D eigenvalue weighted by molar-refractivity contribution is 0.117. The molecule has 5 heteroatoms. The summed E-state index contributed by atoms with van der Waals surface area (Å²) in [7, 11) is 0. The van der Waals surface area contributed by atoms with Crippen molar-refractivity contribution in [2.45, 2.75) is 13.0 Å². The molecule has 3 nitrogen and oxygen atoms in total. The zero-order chi connectivity index (χ0) is 15.2. The van der Waals surface area contributed by atoms with E-state index in [2.05, 4.69) is 21.2 Å². The minimum absolute atomic E-state index is 0.241. The molecule has 112 valence electrons. The van der Waals surface area contributed by atoms with Gasteiger partial charge in [0, 0.05) is 16.7 Å². The lowest BCUT2D eigenvalue weighted by atomic mass is 10.2. The van der Waals surface area contributed by atoms with Crippen LogP contribution in [0, 0.1) is 6.92 Å². The van der Waals surface area contributed by atoms with Crippen molar-refractivity contribution in [2.24, 2.45) is 0 Å². The highest BCUT2D eigenvalue weighted by molar-refractivity contribution is 9.10. The Balaban J connectivity index is 1.79. The summed E-state index contributed by atoms with van der Waals surface area (Å²) in [6.45, 7) is 2.65. The first-order chi connectivity index (χ1) is 10.0. The normalized spacial score (nSPS) is 12.0. The molecule has 0 amide bonds. The summed E-state index contributed by atoms with van der Waals surface area (Å²) in [5.74, 6) is 0.767. The Labute approximate surface area is 138 Å². The molecule has 1 unspecified atom stereocenters. The minimum atomic E-state index is -0.597. The van der Waals surface area contributed by atoms with Crippen LogP contribution >= 0.6 is 27.5 Å². The van der Waals surface area contributed by atoms with Crippen LogP contribution in [0.1, 0.15) is 5.56 Å². The maximum atomic E-state index is 9.94. The Hall–Kier alpha value is -1.23. The fourth-order valence-electron chi connectivity index (χ4n) is 1.80. The number of aliphatic hydroxyl groups excluding tert-OH is 1. The molecule has 0 fully saturated rings. The van der Waals surface area contributed by atoms with Crippen molar-refractivity contribution < 1.29 is 9.84 Å². The molecule has 0 aliphatic heterocycles. The summed E-state index contributed by atoms with van der Waals surface area (Å²) < 4.78 is 6.38. The molecular formula is C16H17BrClNO2. The van der Waals surface area contributed by atoms with E-state index >= 15 is 0 Å². The fraction of sp³-hybridized carbons (Fsp3) is 0.250. The number of halogens is 2. The summed E-state index contributed by atoms with van der Waals surface area (Å²) in [4.78, 5) is 0. The summed E-state index contributed by atoms with van der Waals surface area (Å²) in [5.41, 5.74) is 2.02. The van der Waals surface area contributed by atoms with Crippen LogP contribution in [0.25, 0.3) is 0 Å². The molecule has 0 saturated heterocycles. The number of nitrogens with one attached hydrogen (secondary N) is 1. The highest BCUT2D eigenvalue weighted by atomic mass is 79.9. The summed E-state index contributed by atoms with van der Waals surface area (Å²) in [6, 6.07) is 13.3. The number of aryl methyl sites for hydroxylation is 1. The molecule has 21 heavy (non-hydrogen) atoms. The molecule has 0 saturated carbocycles. The van der Waals surface area contributed by atoms with Gasteiger partial charge in [0.25, 0.3) is 0 Å². The van der Waals surface area contributed by atoms with Crippen molar-refractivity contribution in [1.29, 1.82) is 0 Å². The predicted molar refractivity (Wildman–Crippen MR) is 90.3 cm³/mol. The first kappa shape index (κ1) is 16.1. The van der Waals surface area contributed by atoms with Crippen LogP contribution in [0.2, 0.25) is 5.02 Å². The maximum absolute atomic E-state index is 9.94. The number of rotatable bonds is 6. The molecular weight excluding hydrogens is 354 g/mol. The zero-order valence-electron chi connectivity index (χ0n) is 11.6. The average molecular weight is 371 g/mol. The van der Waals surface area contributed by atoms with E-state index in [4.69, 9.17) is 16.3 Å². The lowest BCUT2D eigenvalue weighted by Gasteiger charge is -2.14. The van der Waals surface area contributed by atoms with Crippen LogP contribution in [0.15, 0.2) is 46.9 Å². The molecule has 0 aliphatic rings. The first-order valence-electron chi connectivity index (χ1n) is 6.61. The van der Waals surface area contributed by atoms with E-state index in [0.717, 1.165) is 21.5 Å². The fourth-order valence-corrected chi connectivity index (χ4v) is 2.29. The lowest BCUT2D eigenvalue weighted by Crippen LogP contribution is -2.26. The van der Waals surface area contributed by atoms with E-state index in [9.17, 15) is 5.11 Å². The Morgan fingerprint density at radius 1 is 1.29 bits per heavy atom. The van der Waals surface area contributed by atoms with Gasteiger partial charge in [-0.2, -0.15) is 0 Å². The Morgan fingerprint density at radius 3 is 2.81 bits per heavy atom. The van der Waals surface area contributed by atoms with E-state index in [-0.39, 0.29) is 6.61 Å². The van der Waals surface area contributed by atoms with E-state index in [1.807, 2.05) is 43.3 Å². The van der Waals surface area contributed by atoms with Crippen molar-refractivity contribution >= 4 is 33.2 Å². The van der Waals surface area contributed by atoms with E-state index in [1.165, 1.54) is 0 Å². The average Bonchev–Trinajstić information content (AvgIpc) is 2.46. The van der Waals surface area contributed by atoms with Crippen molar-refractivity contribution in [3.63, 3.8) is 0 Å². The highest BCUT2D eigenvalue weighted by Crippen LogP contribution is 2.25. The third kappa shape index (κ3) is 5.23. The molecule has 2 aromatic rings. The van der Waals surface area contributed by atoms with Gasteiger partial charge in [0.2, 0.25) is 0 Å². The predicted octanol–water partition coefficient (Wildman–Crippen LogP) is 4.26. The third-order valence-electron chi connectivity index (χ3n) is 2.89. The largest absolute Gasteiger partial charge is 0.491 e. The van der Waals surface area contributed by atoms with Gasteiger partial charge in [-0.25, -0.2) is 0 Å². The van der Waals surface area contributed by atoms with Crippen LogP contribution in [-0.4, -0.2) is 24.4 Å². The SMILES string of the molecule is Cc1cccc(OCC(O)CNc2ccc(Cl)c(Br)c2)c1. The second-order valence-corrected chi connectivity index (χ2v) is 6.05. The van der Waals surface area contributed by atoms with Gasteiger partial charge in [0.15, 0.2) is 0 Å². The van der Waals surface area contributed by atoms with Crippen LogP contribution in [0.5, 0.6) is 5.75 Å². The van der Waals surface area contributed by atoms with E-state index < -0.39 is 6.10 Å². The Kier molecular flexibility index (Phi) is 5.91. The van der Waals surface area contributed by atoms with Gasteiger partial charge in [0.05, 0.1) is 5.02 Å². The molecule has 2 N–H and O–H groups in total. The van der Waals surface area contributed by atoms with Crippen LogP contribution in [0.3, 0.4) is 0 Å². The molecule has 0 bridgehead atoms. The number of benzene rings is 2. The number of aliphatic hydroxyl groups is 1. The second-order valence-electron chi connectivity index (χ2n) is 4.79. The van der Waals surface area contributed by atoms with Gasteiger partial charge in [-0.05, 0) is 58.7 Å². The second kappa shape index (κ2) is 7.69. The standard InChI is InChI=1S/C16H17BrClNO2/c1-11-3-2-4-14(7-11)21-10-13(20)9-19-12-5-6-16(18)15(17)8-12/h2-8,13,19-20H,9-10H2,1H3. The van der Waals surface area contributed by atoms with Crippen molar-refractivity contribution in [1.82, 2.24) is 0 Å². The van der Waals surface area contributed by atoms with E-state index in [0.29, 0.717) is 11.6 Å². The first-order valence-corrected chi connectivity index (χ1v) is 7.78. The van der Waals surface area contributed by atoms with Crippen LogP contribution < -0.4 is 10.1 Å². The minimum Gasteiger partial charge on any atom is -0.491 e. The molecule has 0 spiro atoms. The van der Waals surface area contributed by atoms with Gasteiger partial charge in [-0.1, -0.05) is 23.7 Å². The maximum Gasteiger partial charge on any atom is 0.119 e. The van der Waals surface area contributed by atoms with Crippen LogP contribution in [-0.2, 0) is 0 Å². The molecule has 1 atom stereocenters. The van der Waals surface area contributed by atoms with Gasteiger partial charge in [0.1, 0.15) is 18.5 Å². The van der Waals surface area contributed by atoms with Crippen molar-refractivity contribution in [3.05, 3.63) is 57.5 Å². The molecule has 2 aromatic carbocycles. The third-order valence-corrected chi connectivity index (χ3v) is 4.11. The van der Waals surface area contributed by atoms with Crippen LogP contribution in [0.4, 0.5) is 5.69 Å². The van der Waals surface area contributed by atoms with Gasteiger partial charge in [-0.15, -0.1) is 0 Å².